The topological polar surface area (TPSA) is 80.0 Å². The zero-order chi connectivity index (χ0) is 14.4. The van der Waals surface area contributed by atoms with Gasteiger partial charge in [-0.2, -0.15) is 0 Å². The largest absolute Gasteiger partial charge is 0.393 e. The van der Waals surface area contributed by atoms with Gasteiger partial charge in [0.2, 0.25) is 0 Å². The van der Waals surface area contributed by atoms with Gasteiger partial charge >= 0.3 is 0 Å². The zero-order valence-electron chi connectivity index (χ0n) is 11.4. The standard InChI is InChI=1S/C14H18N4O2/c1-11(19)3-2-6-16-14(20)12-4-5-13(17-9-12)18-8-7-15-10-18/h4-5,7-11,19H,2-3,6H2,1H3,(H,16,20). The van der Waals surface area contributed by atoms with Crippen LogP contribution in [0.3, 0.4) is 0 Å². The van der Waals surface area contributed by atoms with E-state index in [0.717, 1.165) is 6.42 Å². The Morgan fingerprint density at radius 3 is 2.95 bits per heavy atom. The van der Waals surface area contributed by atoms with Crippen LogP contribution in [0.1, 0.15) is 30.1 Å². The van der Waals surface area contributed by atoms with Gasteiger partial charge in [-0.15, -0.1) is 0 Å². The van der Waals surface area contributed by atoms with Crippen molar-refractivity contribution in [1.82, 2.24) is 19.9 Å². The first-order valence-corrected chi connectivity index (χ1v) is 6.57. The van der Waals surface area contributed by atoms with Crippen LogP contribution >= 0.6 is 0 Å². The van der Waals surface area contributed by atoms with Crippen molar-refractivity contribution >= 4 is 5.91 Å². The van der Waals surface area contributed by atoms with Crippen LogP contribution in [0, 0.1) is 0 Å². The lowest BCUT2D eigenvalue weighted by Crippen LogP contribution is -2.25. The second-order valence-corrected chi connectivity index (χ2v) is 4.62. The highest BCUT2D eigenvalue weighted by Gasteiger charge is 2.06. The van der Waals surface area contributed by atoms with Crippen LogP contribution in [0.5, 0.6) is 0 Å². The Labute approximate surface area is 117 Å². The lowest BCUT2D eigenvalue weighted by Gasteiger charge is -2.07. The number of nitrogens with one attached hydrogen (secondary N) is 1. The molecule has 0 aliphatic carbocycles. The quantitative estimate of drug-likeness (QED) is 0.775. The minimum atomic E-state index is -0.331. The number of pyridine rings is 1. The third-order valence-electron chi connectivity index (χ3n) is 2.86. The molecule has 0 radical (unpaired) electrons. The predicted molar refractivity (Wildman–Crippen MR) is 74.6 cm³/mol. The molecular weight excluding hydrogens is 256 g/mol. The van der Waals surface area contributed by atoms with Gasteiger partial charge in [-0.25, -0.2) is 9.97 Å². The highest BCUT2D eigenvalue weighted by atomic mass is 16.3. The second kappa shape index (κ2) is 6.81. The van der Waals surface area contributed by atoms with E-state index >= 15 is 0 Å². The number of nitrogens with zero attached hydrogens (tertiary/aromatic N) is 3. The van der Waals surface area contributed by atoms with Crippen LogP contribution in [0.25, 0.3) is 5.82 Å². The molecule has 0 bridgehead atoms. The van der Waals surface area contributed by atoms with E-state index in [1.54, 1.807) is 48.5 Å². The molecule has 6 nitrogen and oxygen atoms in total. The van der Waals surface area contributed by atoms with Crippen LogP contribution in [0.4, 0.5) is 0 Å². The Hall–Kier alpha value is -2.21. The first-order valence-electron chi connectivity index (χ1n) is 6.57. The maximum atomic E-state index is 11.9. The third kappa shape index (κ3) is 3.89. The lowest BCUT2D eigenvalue weighted by atomic mass is 10.2. The van der Waals surface area contributed by atoms with Crippen molar-refractivity contribution in [3.8, 4) is 5.82 Å². The molecule has 0 aliphatic heterocycles. The fourth-order valence-corrected chi connectivity index (χ4v) is 1.77. The molecule has 1 amide bonds. The smallest absolute Gasteiger partial charge is 0.252 e. The van der Waals surface area contributed by atoms with Crippen LogP contribution in [0.15, 0.2) is 37.1 Å². The van der Waals surface area contributed by atoms with Gasteiger partial charge in [-0.3, -0.25) is 9.36 Å². The number of aromatic nitrogens is 3. The average molecular weight is 274 g/mol. The lowest BCUT2D eigenvalue weighted by molar-refractivity contribution is 0.0949. The molecule has 0 aromatic carbocycles. The van der Waals surface area contributed by atoms with E-state index in [1.807, 2.05) is 0 Å². The van der Waals surface area contributed by atoms with E-state index in [4.69, 9.17) is 5.11 Å². The van der Waals surface area contributed by atoms with Gasteiger partial charge in [0.1, 0.15) is 12.1 Å². The molecule has 0 fully saturated rings. The summed E-state index contributed by atoms with van der Waals surface area (Å²) in [5.41, 5.74) is 0.519. The number of aliphatic hydroxyl groups is 1. The van der Waals surface area contributed by atoms with Gasteiger partial charge < -0.3 is 10.4 Å². The summed E-state index contributed by atoms with van der Waals surface area (Å²) in [6.07, 6.45) is 7.75. The van der Waals surface area contributed by atoms with Gasteiger partial charge in [-0.1, -0.05) is 0 Å². The number of carbonyl (C=O) groups is 1. The van der Waals surface area contributed by atoms with Crippen molar-refractivity contribution in [3.63, 3.8) is 0 Å². The summed E-state index contributed by atoms with van der Waals surface area (Å²) in [7, 11) is 0. The first kappa shape index (κ1) is 14.2. The van der Waals surface area contributed by atoms with E-state index in [0.29, 0.717) is 24.3 Å². The summed E-state index contributed by atoms with van der Waals surface area (Å²) < 4.78 is 1.77. The normalized spacial score (nSPS) is 12.1. The molecule has 0 aliphatic rings. The Morgan fingerprint density at radius 2 is 2.35 bits per heavy atom. The van der Waals surface area contributed by atoms with E-state index in [2.05, 4.69) is 15.3 Å². The molecular formula is C14H18N4O2. The van der Waals surface area contributed by atoms with Gasteiger partial charge in [0.25, 0.3) is 5.91 Å². The number of aliphatic hydroxyl groups excluding tert-OH is 1. The first-order chi connectivity index (χ1) is 9.66. The molecule has 2 aromatic rings. The van der Waals surface area contributed by atoms with Crippen LogP contribution in [-0.4, -0.2) is 38.2 Å². The van der Waals surface area contributed by atoms with Crippen LogP contribution in [0.2, 0.25) is 0 Å². The molecule has 106 valence electrons. The highest BCUT2D eigenvalue weighted by Crippen LogP contribution is 2.05. The molecule has 2 N–H and O–H groups in total. The number of hydrogen-bond acceptors (Lipinski definition) is 4. The molecule has 6 heteroatoms. The molecule has 2 heterocycles. The van der Waals surface area contributed by atoms with Crippen LogP contribution in [-0.2, 0) is 0 Å². The van der Waals surface area contributed by atoms with Crippen molar-refractivity contribution in [1.29, 1.82) is 0 Å². The number of imidazole rings is 1. The Bertz CT molecular complexity index is 535. The molecule has 20 heavy (non-hydrogen) atoms. The maximum absolute atomic E-state index is 11.9. The van der Waals surface area contributed by atoms with Crippen molar-refractivity contribution in [3.05, 3.63) is 42.6 Å². The third-order valence-corrected chi connectivity index (χ3v) is 2.86. The van der Waals surface area contributed by atoms with Crippen LogP contribution < -0.4 is 5.32 Å². The van der Waals surface area contributed by atoms with Crippen molar-refractivity contribution in [2.45, 2.75) is 25.9 Å². The Morgan fingerprint density at radius 1 is 1.50 bits per heavy atom. The average Bonchev–Trinajstić information content (AvgIpc) is 2.97. The van der Waals surface area contributed by atoms with Crippen molar-refractivity contribution in [2.75, 3.05) is 6.54 Å². The summed E-state index contributed by atoms with van der Waals surface area (Å²) >= 11 is 0. The summed E-state index contributed by atoms with van der Waals surface area (Å²) in [6.45, 7) is 2.29. The summed E-state index contributed by atoms with van der Waals surface area (Å²) in [6, 6.07) is 3.50. The van der Waals surface area contributed by atoms with Gasteiger partial charge in [-0.05, 0) is 31.9 Å². The minimum absolute atomic E-state index is 0.153. The summed E-state index contributed by atoms with van der Waals surface area (Å²) in [4.78, 5) is 20.0. The summed E-state index contributed by atoms with van der Waals surface area (Å²) in [5.74, 6) is 0.563. The number of amides is 1. The number of carbonyl (C=O) groups excluding carboxylic acids is 1. The fourth-order valence-electron chi connectivity index (χ4n) is 1.77. The van der Waals surface area contributed by atoms with E-state index < -0.39 is 0 Å². The van der Waals surface area contributed by atoms with Gasteiger partial charge in [0.15, 0.2) is 0 Å². The molecule has 2 rings (SSSR count). The van der Waals surface area contributed by atoms with Crippen molar-refractivity contribution < 1.29 is 9.90 Å². The Balaban J connectivity index is 1.88. The molecule has 0 saturated carbocycles. The number of rotatable bonds is 6. The van der Waals surface area contributed by atoms with E-state index in [9.17, 15) is 4.79 Å². The predicted octanol–water partition coefficient (Wildman–Crippen LogP) is 1.16. The maximum Gasteiger partial charge on any atom is 0.252 e. The van der Waals surface area contributed by atoms with Gasteiger partial charge in [0, 0.05) is 25.1 Å². The van der Waals surface area contributed by atoms with Gasteiger partial charge in [0.05, 0.1) is 11.7 Å². The molecule has 1 unspecified atom stereocenters. The highest BCUT2D eigenvalue weighted by molar-refractivity contribution is 5.93. The Kier molecular flexibility index (Phi) is 4.84. The monoisotopic (exact) mass is 274 g/mol. The fraction of sp³-hybridized carbons (Fsp3) is 0.357. The second-order valence-electron chi connectivity index (χ2n) is 4.62. The molecule has 1 atom stereocenters. The van der Waals surface area contributed by atoms with Crippen molar-refractivity contribution in [2.24, 2.45) is 0 Å². The molecule has 0 saturated heterocycles. The number of hydrogen-bond donors (Lipinski definition) is 2. The summed E-state index contributed by atoms with van der Waals surface area (Å²) in [5, 5.41) is 11.9. The van der Waals surface area contributed by atoms with E-state index in [-0.39, 0.29) is 12.0 Å². The molecule has 0 spiro atoms. The molecule has 2 aromatic heterocycles. The SMILES string of the molecule is CC(O)CCCNC(=O)c1ccc(-n2ccnc2)nc1. The van der Waals surface area contributed by atoms with E-state index in [1.165, 1.54) is 0 Å². The minimum Gasteiger partial charge on any atom is -0.393 e. The zero-order valence-corrected chi connectivity index (χ0v) is 11.4.